The third-order valence-corrected chi connectivity index (χ3v) is 2.24. The Kier molecular flexibility index (Phi) is 4.07. The molecule has 19 heavy (non-hydrogen) atoms. The van der Waals surface area contributed by atoms with Gasteiger partial charge in [-0.3, -0.25) is 4.98 Å². The number of anilines is 3. The summed E-state index contributed by atoms with van der Waals surface area (Å²) in [6.07, 6.45) is 3.15. The minimum absolute atomic E-state index is 0.107. The van der Waals surface area contributed by atoms with Crippen molar-refractivity contribution in [1.29, 1.82) is 0 Å². The van der Waals surface area contributed by atoms with Crippen LogP contribution in [0.2, 0.25) is 0 Å². The van der Waals surface area contributed by atoms with Gasteiger partial charge in [-0.05, 0) is 24.3 Å². The lowest BCUT2D eigenvalue weighted by Gasteiger charge is -2.08. The number of nitrogens with one attached hydrogen (secondary N) is 2. The van der Waals surface area contributed by atoms with Gasteiger partial charge in [0.05, 0.1) is 12.4 Å². The normalized spacial score (nSPS) is 10.3. The molecule has 0 saturated carbocycles. The molecular weight excluding hydrogens is 254 g/mol. The SMILES string of the molecule is CNc1cncc(Nc2ccc(OC(F)F)cc2)n1. The molecule has 2 N–H and O–H groups in total. The van der Waals surface area contributed by atoms with Gasteiger partial charge >= 0.3 is 6.61 Å². The van der Waals surface area contributed by atoms with Crippen LogP contribution >= 0.6 is 0 Å². The van der Waals surface area contributed by atoms with E-state index in [4.69, 9.17) is 0 Å². The zero-order valence-electron chi connectivity index (χ0n) is 10.1. The van der Waals surface area contributed by atoms with Crippen LogP contribution in [0, 0.1) is 0 Å². The van der Waals surface area contributed by atoms with Crippen molar-refractivity contribution in [1.82, 2.24) is 9.97 Å². The van der Waals surface area contributed by atoms with E-state index in [1.165, 1.54) is 12.1 Å². The summed E-state index contributed by atoms with van der Waals surface area (Å²) in [5.41, 5.74) is 0.698. The number of ether oxygens (including phenoxy) is 1. The number of benzene rings is 1. The van der Waals surface area contributed by atoms with E-state index in [0.717, 1.165) is 0 Å². The van der Waals surface area contributed by atoms with Crippen LogP contribution in [0.4, 0.5) is 26.1 Å². The predicted octanol–water partition coefficient (Wildman–Crippen LogP) is 2.86. The Hall–Kier alpha value is -2.44. The lowest BCUT2D eigenvalue weighted by atomic mass is 10.3. The Morgan fingerprint density at radius 2 is 1.79 bits per heavy atom. The van der Waals surface area contributed by atoms with Gasteiger partial charge < -0.3 is 15.4 Å². The second-order valence-electron chi connectivity index (χ2n) is 3.57. The highest BCUT2D eigenvalue weighted by atomic mass is 19.3. The maximum Gasteiger partial charge on any atom is 0.387 e. The zero-order chi connectivity index (χ0) is 13.7. The summed E-state index contributed by atoms with van der Waals surface area (Å²) >= 11 is 0. The van der Waals surface area contributed by atoms with Crippen molar-refractivity contribution in [3.8, 4) is 5.75 Å². The first-order valence-corrected chi connectivity index (χ1v) is 5.49. The summed E-state index contributed by atoms with van der Waals surface area (Å²) in [6, 6.07) is 6.13. The van der Waals surface area contributed by atoms with Crippen molar-refractivity contribution in [2.45, 2.75) is 6.61 Å². The third-order valence-electron chi connectivity index (χ3n) is 2.24. The maximum absolute atomic E-state index is 12.0. The number of alkyl halides is 2. The largest absolute Gasteiger partial charge is 0.435 e. The minimum Gasteiger partial charge on any atom is -0.435 e. The second kappa shape index (κ2) is 5.94. The number of hydrogen-bond donors (Lipinski definition) is 2. The predicted molar refractivity (Wildman–Crippen MR) is 67.9 cm³/mol. The molecule has 1 aromatic heterocycles. The van der Waals surface area contributed by atoms with Gasteiger partial charge in [0, 0.05) is 12.7 Å². The van der Waals surface area contributed by atoms with E-state index in [1.54, 1.807) is 31.6 Å². The topological polar surface area (TPSA) is 59.1 Å². The van der Waals surface area contributed by atoms with Crippen molar-refractivity contribution >= 4 is 17.3 Å². The van der Waals surface area contributed by atoms with Gasteiger partial charge in [-0.2, -0.15) is 8.78 Å². The molecule has 7 heteroatoms. The van der Waals surface area contributed by atoms with Gasteiger partial charge in [-0.1, -0.05) is 0 Å². The number of halogens is 2. The van der Waals surface area contributed by atoms with Gasteiger partial charge in [0.15, 0.2) is 5.82 Å². The molecule has 0 bridgehead atoms. The molecule has 0 unspecified atom stereocenters. The van der Waals surface area contributed by atoms with Crippen LogP contribution in [0.3, 0.4) is 0 Å². The summed E-state index contributed by atoms with van der Waals surface area (Å²) < 4.78 is 28.2. The van der Waals surface area contributed by atoms with Crippen molar-refractivity contribution in [3.63, 3.8) is 0 Å². The minimum atomic E-state index is -2.82. The van der Waals surface area contributed by atoms with Crippen LogP contribution < -0.4 is 15.4 Å². The van der Waals surface area contributed by atoms with Crippen LogP contribution in [0.5, 0.6) is 5.75 Å². The molecule has 100 valence electrons. The summed E-state index contributed by atoms with van der Waals surface area (Å²) in [6.45, 7) is -2.82. The third kappa shape index (κ3) is 3.77. The van der Waals surface area contributed by atoms with Crippen LogP contribution in [-0.4, -0.2) is 23.6 Å². The first-order chi connectivity index (χ1) is 9.17. The number of aromatic nitrogens is 2. The molecule has 0 atom stereocenters. The summed E-state index contributed by atoms with van der Waals surface area (Å²) in [7, 11) is 1.74. The van der Waals surface area contributed by atoms with E-state index >= 15 is 0 Å². The van der Waals surface area contributed by atoms with Crippen LogP contribution in [0.15, 0.2) is 36.7 Å². The van der Waals surface area contributed by atoms with Gasteiger partial charge in [0.2, 0.25) is 0 Å². The first-order valence-electron chi connectivity index (χ1n) is 5.49. The van der Waals surface area contributed by atoms with Crippen LogP contribution in [0.25, 0.3) is 0 Å². The van der Waals surface area contributed by atoms with E-state index in [1.807, 2.05) is 0 Å². The summed E-state index contributed by atoms with van der Waals surface area (Å²) in [5.74, 6) is 1.28. The van der Waals surface area contributed by atoms with E-state index in [0.29, 0.717) is 17.3 Å². The Morgan fingerprint density at radius 3 is 2.42 bits per heavy atom. The highest BCUT2D eigenvalue weighted by molar-refractivity contribution is 5.57. The van der Waals surface area contributed by atoms with Gasteiger partial charge in [0.1, 0.15) is 11.6 Å². The van der Waals surface area contributed by atoms with E-state index in [-0.39, 0.29) is 5.75 Å². The smallest absolute Gasteiger partial charge is 0.387 e. The molecule has 0 aliphatic carbocycles. The van der Waals surface area contributed by atoms with Gasteiger partial charge in [-0.25, -0.2) is 4.98 Å². The van der Waals surface area contributed by atoms with Gasteiger partial charge in [0.25, 0.3) is 0 Å². The monoisotopic (exact) mass is 266 g/mol. The van der Waals surface area contributed by atoms with E-state index in [2.05, 4.69) is 25.3 Å². The fourth-order valence-electron chi connectivity index (χ4n) is 1.41. The molecule has 0 spiro atoms. The fourth-order valence-corrected chi connectivity index (χ4v) is 1.41. The fraction of sp³-hybridized carbons (Fsp3) is 0.167. The molecule has 1 aromatic carbocycles. The molecule has 0 aliphatic heterocycles. The molecule has 2 aromatic rings. The van der Waals surface area contributed by atoms with Crippen LogP contribution in [0.1, 0.15) is 0 Å². The molecule has 0 amide bonds. The second-order valence-corrected chi connectivity index (χ2v) is 3.57. The molecular formula is C12H12F2N4O. The molecule has 0 saturated heterocycles. The number of hydrogen-bond acceptors (Lipinski definition) is 5. The summed E-state index contributed by atoms with van der Waals surface area (Å²) in [4.78, 5) is 8.22. The molecule has 5 nitrogen and oxygen atoms in total. The quantitative estimate of drug-likeness (QED) is 0.871. The van der Waals surface area contributed by atoms with Crippen molar-refractivity contribution in [2.24, 2.45) is 0 Å². The highest BCUT2D eigenvalue weighted by Gasteiger charge is 2.04. The Morgan fingerprint density at radius 1 is 1.11 bits per heavy atom. The maximum atomic E-state index is 12.0. The first kappa shape index (κ1) is 13.0. The number of nitrogens with zero attached hydrogens (tertiary/aromatic N) is 2. The standard InChI is InChI=1S/C12H12F2N4O/c1-15-10-6-16-7-11(18-10)17-8-2-4-9(5-3-8)19-12(13)14/h2-7,12H,1H3,(H2,15,17,18). The van der Waals surface area contributed by atoms with Crippen molar-refractivity contribution in [3.05, 3.63) is 36.7 Å². The Balaban J connectivity index is 2.06. The molecule has 0 aliphatic rings. The molecule has 2 rings (SSSR count). The number of rotatable bonds is 5. The van der Waals surface area contributed by atoms with Crippen LogP contribution in [-0.2, 0) is 0 Å². The van der Waals surface area contributed by atoms with Gasteiger partial charge in [-0.15, -0.1) is 0 Å². The Labute approximate surface area is 108 Å². The van der Waals surface area contributed by atoms with Crippen molar-refractivity contribution < 1.29 is 13.5 Å². The molecule has 1 heterocycles. The molecule has 0 fully saturated rings. The lowest BCUT2D eigenvalue weighted by molar-refractivity contribution is -0.0498. The Bertz CT molecular complexity index is 534. The lowest BCUT2D eigenvalue weighted by Crippen LogP contribution is -2.02. The average molecular weight is 266 g/mol. The van der Waals surface area contributed by atoms with E-state index in [9.17, 15) is 8.78 Å². The van der Waals surface area contributed by atoms with Crippen molar-refractivity contribution in [2.75, 3.05) is 17.7 Å². The highest BCUT2D eigenvalue weighted by Crippen LogP contribution is 2.20. The average Bonchev–Trinajstić information content (AvgIpc) is 2.41. The molecule has 0 radical (unpaired) electrons. The summed E-state index contributed by atoms with van der Waals surface area (Å²) in [5, 5.41) is 5.87. The zero-order valence-corrected chi connectivity index (χ0v) is 10.1. The van der Waals surface area contributed by atoms with E-state index < -0.39 is 6.61 Å².